The van der Waals surface area contributed by atoms with E-state index in [-0.39, 0.29) is 35.2 Å². The average molecular weight is 471 g/mol. The number of methoxy groups -OCH3 is 1. The van der Waals surface area contributed by atoms with Gasteiger partial charge in [-0.3, -0.25) is 9.10 Å². The molecule has 0 spiro atoms. The van der Waals surface area contributed by atoms with Crippen LogP contribution < -0.4 is 9.04 Å². The first kappa shape index (κ1) is 24.3. The van der Waals surface area contributed by atoms with Crippen LogP contribution in [0.2, 0.25) is 0 Å². The number of para-hydroxylation sites is 1. The fraction of sp³-hybridized carbons (Fsp3) is 0.240. The van der Waals surface area contributed by atoms with Crippen molar-refractivity contribution in [3.8, 4) is 5.75 Å². The summed E-state index contributed by atoms with van der Waals surface area (Å²) in [6.45, 7) is 3.86. The molecule has 0 heterocycles. The normalized spacial score (nSPS) is 11.2. The number of sulfonamides is 1. The molecule has 0 fully saturated rings. The van der Waals surface area contributed by atoms with Crippen LogP contribution in [0.5, 0.6) is 5.75 Å². The monoisotopic (exact) mass is 470 g/mol. The zero-order valence-corrected chi connectivity index (χ0v) is 19.9. The maximum Gasteiger partial charge on any atom is 0.264 e. The highest BCUT2D eigenvalue weighted by Crippen LogP contribution is 2.27. The van der Waals surface area contributed by atoms with Gasteiger partial charge in [0.05, 0.1) is 17.7 Å². The summed E-state index contributed by atoms with van der Waals surface area (Å²) in [4.78, 5) is 14.5. The van der Waals surface area contributed by atoms with Crippen molar-refractivity contribution >= 4 is 21.6 Å². The van der Waals surface area contributed by atoms with Crippen LogP contribution in [-0.2, 0) is 16.6 Å². The molecule has 1 amide bonds. The standard InChI is InChI=1S/C25H27FN2O4S/c1-5-28(21-9-7-6-8-10-21)33(30,31)24-16-20(13-11-18(24)2)25(29)27(3)17-19-12-14-23(32-4)22(26)15-19/h6-16H,5,17H2,1-4H3. The first-order chi connectivity index (χ1) is 15.7. The minimum atomic E-state index is -3.89. The summed E-state index contributed by atoms with van der Waals surface area (Å²) in [7, 11) is -0.922. The lowest BCUT2D eigenvalue weighted by atomic mass is 10.1. The molecule has 3 rings (SSSR count). The molecular weight excluding hydrogens is 443 g/mol. The van der Waals surface area contributed by atoms with E-state index in [1.54, 1.807) is 63.4 Å². The molecule has 0 aromatic heterocycles. The Hall–Kier alpha value is -3.39. The Labute approximate surface area is 194 Å². The molecule has 3 aromatic rings. The van der Waals surface area contributed by atoms with Crippen molar-refractivity contribution in [2.24, 2.45) is 0 Å². The highest BCUT2D eigenvalue weighted by atomic mass is 32.2. The third-order valence-electron chi connectivity index (χ3n) is 5.32. The van der Waals surface area contributed by atoms with Crippen LogP contribution in [-0.4, -0.2) is 39.9 Å². The Bertz CT molecular complexity index is 1250. The first-order valence-corrected chi connectivity index (χ1v) is 11.9. The van der Waals surface area contributed by atoms with E-state index in [1.807, 2.05) is 6.07 Å². The van der Waals surface area contributed by atoms with Gasteiger partial charge in [0.25, 0.3) is 15.9 Å². The fourth-order valence-electron chi connectivity index (χ4n) is 3.59. The van der Waals surface area contributed by atoms with E-state index in [4.69, 9.17) is 4.74 Å². The molecule has 33 heavy (non-hydrogen) atoms. The summed E-state index contributed by atoms with van der Waals surface area (Å²) in [6.07, 6.45) is 0. The van der Waals surface area contributed by atoms with E-state index in [0.29, 0.717) is 16.8 Å². The van der Waals surface area contributed by atoms with Gasteiger partial charge in [-0.15, -0.1) is 0 Å². The molecule has 3 aromatic carbocycles. The largest absolute Gasteiger partial charge is 0.494 e. The number of halogens is 1. The molecule has 174 valence electrons. The minimum absolute atomic E-state index is 0.0722. The number of amides is 1. The number of hydrogen-bond acceptors (Lipinski definition) is 4. The molecule has 0 atom stereocenters. The molecular formula is C25H27FN2O4S. The number of anilines is 1. The van der Waals surface area contributed by atoms with Crippen LogP contribution >= 0.6 is 0 Å². The highest BCUT2D eigenvalue weighted by molar-refractivity contribution is 7.92. The van der Waals surface area contributed by atoms with Gasteiger partial charge in [-0.2, -0.15) is 0 Å². The summed E-state index contributed by atoms with van der Waals surface area (Å²) < 4.78 is 47.2. The lowest BCUT2D eigenvalue weighted by Gasteiger charge is -2.24. The van der Waals surface area contributed by atoms with Gasteiger partial charge in [0.1, 0.15) is 0 Å². The van der Waals surface area contributed by atoms with Crippen LogP contribution in [0, 0.1) is 12.7 Å². The Morgan fingerprint density at radius 3 is 2.33 bits per heavy atom. The lowest BCUT2D eigenvalue weighted by Crippen LogP contribution is -2.32. The summed E-state index contributed by atoms with van der Waals surface area (Å²) in [6, 6.07) is 17.9. The van der Waals surface area contributed by atoms with Gasteiger partial charge < -0.3 is 9.64 Å². The molecule has 0 saturated heterocycles. The van der Waals surface area contributed by atoms with E-state index in [2.05, 4.69) is 0 Å². The van der Waals surface area contributed by atoms with Crippen molar-refractivity contribution in [3.05, 3.63) is 89.2 Å². The van der Waals surface area contributed by atoms with Crippen LogP contribution in [0.25, 0.3) is 0 Å². The zero-order valence-electron chi connectivity index (χ0n) is 19.1. The summed E-state index contributed by atoms with van der Waals surface area (Å²) in [5.41, 5.74) is 1.92. The van der Waals surface area contributed by atoms with Gasteiger partial charge in [0.15, 0.2) is 11.6 Å². The first-order valence-electron chi connectivity index (χ1n) is 10.4. The predicted molar refractivity (Wildman–Crippen MR) is 127 cm³/mol. The molecule has 0 unspecified atom stereocenters. The number of ether oxygens (including phenoxy) is 1. The second-order valence-corrected chi connectivity index (χ2v) is 9.45. The number of aryl methyl sites for hydroxylation is 1. The zero-order chi connectivity index (χ0) is 24.2. The van der Waals surface area contributed by atoms with Crippen molar-refractivity contribution in [2.45, 2.75) is 25.3 Å². The Morgan fingerprint density at radius 1 is 1.03 bits per heavy atom. The van der Waals surface area contributed by atoms with Crippen molar-refractivity contribution in [2.75, 3.05) is 25.0 Å². The van der Waals surface area contributed by atoms with E-state index in [1.165, 1.54) is 34.5 Å². The Kier molecular flexibility index (Phi) is 7.38. The average Bonchev–Trinajstić information content (AvgIpc) is 2.80. The number of hydrogen-bond donors (Lipinski definition) is 0. The van der Waals surface area contributed by atoms with Gasteiger partial charge in [0, 0.05) is 25.7 Å². The number of rotatable bonds is 8. The SMILES string of the molecule is CCN(c1ccccc1)S(=O)(=O)c1cc(C(=O)N(C)Cc2ccc(OC)c(F)c2)ccc1C. The number of carbonyl (C=O) groups is 1. The van der Waals surface area contributed by atoms with Gasteiger partial charge in [-0.05, 0) is 61.4 Å². The van der Waals surface area contributed by atoms with Crippen LogP contribution in [0.15, 0.2) is 71.6 Å². The van der Waals surface area contributed by atoms with Crippen LogP contribution in [0.3, 0.4) is 0 Å². The Balaban J connectivity index is 1.90. The van der Waals surface area contributed by atoms with Crippen LogP contribution in [0.4, 0.5) is 10.1 Å². The molecule has 0 aliphatic rings. The maximum atomic E-state index is 14.0. The molecule has 0 aliphatic heterocycles. The van der Waals surface area contributed by atoms with Crippen molar-refractivity contribution < 1.29 is 22.3 Å². The maximum absolute atomic E-state index is 14.0. The fourth-order valence-corrected chi connectivity index (χ4v) is 5.32. The Morgan fingerprint density at radius 2 is 1.73 bits per heavy atom. The molecule has 0 radical (unpaired) electrons. The lowest BCUT2D eigenvalue weighted by molar-refractivity contribution is 0.0784. The molecule has 6 nitrogen and oxygen atoms in total. The second-order valence-electron chi connectivity index (χ2n) is 7.62. The molecule has 0 bridgehead atoms. The van der Waals surface area contributed by atoms with E-state index in [9.17, 15) is 17.6 Å². The summed E-state index contributed by atoms with van der Waals surface area (Å²) >= 11 is 0. The second kappa shape index (κ2) is 10.0. The number of carbonyl (C=O) groups excluding carboxylic acids is 1. The quantitative estimate of drug-likeness (QED) is 0.481. The molecule has 8 heteroatoms. The van der Waals surface area contributed by atoms with Crippen LogP contribution in [0.1, 0.15) is 28.4 Å². The number of nitrogens with zero attached hydrogens (tertiary/aromatic N) is 2. The van der Waals surface area contributed by atoms with Crippen molar-refractivity contribution in [1.82, 2.24) is 4.90 Å². The highest BCUT2D eigenvalue weighted by Gasteiger charge is 2.27. The molecule has 0 N–H and O–H groups in total. The minimum Gasteiger partial charge on any atom is -0.494 e. The topological polar surface area (TPSA) is 66.9 Å². The van der Waals surface area contributed by atoms with E-state index >= 15 is 0 Å². The number of benzene rings is 3. The van der Waals surface area contributed by atoms with Gasteiger partial charge >= 0.3 is 0 Å². The summed E-state index contributed by atoms with van der Waals surface area (Å²) in [5.74, 6) is -0.759. The molecule has 0 saturated carbocycles. The molecule has 0 aliphatic carbocycles. The smallest absolute Gasteiger partial charge is 0.264 e. The van der Waals surface area contributed by atoms with E-state index in [0.717, 1.165) is 0 Å². The van der Waals surface area contributed by atoms with Gasteiger partial charge in [0.2, 0.25) is 0 Å². The van der Waals surface area contributed by atoms with Gasteiger partial charge in [-0.1, -0.05) is 30.3 Å². The third kappa shape index (κ3) is 5.17. The van der Waals surface area contributed by atoms with Crippen molar-refractivity contribution in [1.29, 1.82) is 0 Å². The summed E-state index contributed by atoms with van der Waals surface area (Å²) in [5, 5.41) is 0. The van der Waals surface area contributed by atoms with E-state index < -0.39 is 15.8 Å². The van der Waals surface area contributed by atoms with Crippen molar-refractivity contribution in [3.63, 3.8) is 0 Å². The predicted octanol–water partition coefficient (Wildman–Crippen LogP) is 4.63. The third-order valence-corrected chi connectivity index (χ3v) is 7.36. The van der Waals surface area contributed by atoms with Gasteiger partial charge in [-0.25, -0.2) is 12.8 Å².